The minimum Gasteiger partial charge on any atom is -0.466 e. The molecular weight excluding hydrogens is 200 g/mol. The average Bonchev–Trinajstić information content (AvgIpc) is 2.09. The van der Waals surface area contributed by atoms with Crippen molar-refractivity contribution in [2.45, 2.75) is 26.1 Å². The van der Waals surface area contributed by atoms with Gasteiger partial charge in [0.1, 0.15) is 5.76 Å². The van der Waals surface area contributed by atoms with Crippen molar-refractivity contribution in [1.29, 1.82) is 0 Å². The monoisotopic (exact) mass is 212 g/mol. The van der Waals surface area contributed by atoms with Crippen LogP contribution in [0.2, 0.25) is 0 Å². The van der Waals surface area contributed by atoms with Gasteiger partial charge in [0.05, 0.1) is 6.26 Å². The molecule has 0 amide bonds. The van der Waals surface area contributed by atoms with Crippen molar-refractivity contribution in [3.05, 3.63) is 24.7 Å². The Balaban J connectivity index is 2.75. The second-order valence-corrected chi connectivity index (χ2v) is 3.02. The summed E-state index contributed by atoms with van der Waals surface area (Å²) in [5, 5.41) is 0. The molecule has 0 aromatic rings. The number of ether oxygens (including phenoxy) is 3. The molecule has 0 saturated heterocycles. The number of hydrogen-bond donors (Lipinski definition) is 0. The van der Waals surface area contributed by atoms with Crippen LogP contribution in [0.3, 0.4) is 0 Å². The van der Waals surface area contributed by atoms with Gasteiger partial charge in [0.2, 0.25) is 0 Å². The molecule has 0 aromatic heterocycles. The first-order valence-corrected chi connectivity index (χ1v) is 4.37. The lowest BCUT2D eigenvalue weighted by Crippen LogP contribution is -2.36. The van der Waals surface area contributed by atoms with Crippen molar-refractivity contribution in [1.82, 2.24) is 0 Å². The van der Waals surface area contributed by atoms with Crippen LogP contribution in [-0.4, -0.2) is 24.1 Å². The SMILES string of the molecule is C=C1OC=C[C@@H](OC(C)=O)[C@@H]1OC(C)=O. The summed E-state index contributed by atoms with van der Waals surface area (Å²) in [7, 11) is 0. The summed E-state index contributed by atoms with van der Waals surface area (Å²) >= 11 is 0. The zero-order valence-electron chi connectivity index (χ0n) is 8.56. The number of hydrogen-bond acceptors (Lipinski definition) is 5. The topological polar surface area (TPSA) is 61.8 Å². The number of carbonyl (C=O) groups is 2. The zero-order valence-corrected chi connectivity index (χ0v) is 8.56. The fourth-order valence-corrected chi connectivity index (χ4v) is 1.16. The zero-order chi connectivity index (χ0) is 11.4. The lowest BCUT2D eigenvalue weighted by molar-refractivity contribution is -0.162. The first kappa shape index (κ1) is 11.3. The third-order valence-electron chi connectivity index (χ3n) is 1.70. The molecule has 0 saturated carbocycles. The van der Waals surface area contributed by atoms with Crippen molar-refractivity contribution >= 4 is 11.9 Å². The molecule has 0 spiro atoms. The largest absolute Gasteiger partial charge is 0.466 e. The second kappa shape index (κ2) is 4.63. The Labute approximate surface area is 87.3 Å². The maximum Gasteiger partial charge on any atom is 0.303 e. The predicted molar refractivity (Wildman–Crippen MR) is 50.5 cm³/mol. The third kappa shape index (κ3) is 3.12. The lowest BCUT2D eigenvalue weighted by Gasteiger charge is -2.27. The van der Waals surface area contributed by atoms with Crippen LogP contribution < -0.4 is 0 Å². The van der Waals surface area contributed by atoms with Gasteiger partial charge in [-0.3, -0.25) is 9.59 Å². The lowest BCUT2D eigenvalue weighted by atomic mass is 10.1. The summed E-state index contributed by atoms with van der Waals surface area (Å²) in [5.41, 5.74) is 0. The van der Waals surface area contributed by atoms with Gasteiger partial charge in [-0.1, -0.05) is 6.58 Å². The van der Waals surface area contributed by atoms with E-state index in [0.29, 0.717) is 0 Å². The standard InChI is InChI=1S/C10H12O5/c1-6-10(15-8(3)12)9(4-5-13-6)14-7(2)11/h4-5,9-10H,1H2,2-3H3/t9-,10-/m1/s1. The highest BCUT2D eigenvalue weighted by Crippen LogP contribution is 2.20. The van der Waals surface area contributed by atoms with Crippen LogP contribution in [-0.2, 0) is 23.8 Å². The van der Waals surface area contributed by atoms with Crippen molar-refractivity contribution < 1.29 is 23.8 Å². The molecule has 0 unspecified atom stereocenters. The van der Waals surface area contributed by atoms with Crippen LogP contribution in [0.4, 0.5) is 0 Å². The summed E-state index contributed by atoms with van der Waals surface area (Å²) in [4.78, 5) is 21.6. The Hall–Kier alpha value is -1.78. The molecule has 1 rings (SSSR count). The van der Waals surface area contributed by atoms with Gasteiger partial charge < -0.3 is 14.2 Å². The molecule has 1 heterocycles. The van der Waals surface area contributed by atoms with Crippen LogP contribution in [0.1, 0.15) is 13.8 Å². The van der Waals surface area contributed by atoms with E-state index in [2.05, 4.69) is 6.58 Å². The third-order valence-corrected chi connectivity index (χ3v) is 1.70. The fourth-order valence-electron chi connectivity index (χ4n) is 1.16. The van der Waals surface area contributed by atoms with Crippen LogP contribution in [0.25, 0.3) is 0 Å². The van der Waals surface area contributed by atoms with Crippen LogP contribution in [0.15, 0.2) is 24.7 Å². The van der Waals surface area contributed by atoms with E-state index in [4.69, 9.17) is 14.2 Å². The molecule has 0 aromatic carbocycles. The van der Waals surface area contributed by atoms with E-state index in [1.807, 2.05) is 0 Å². The highest BCUT2D eigenvalue weighted by molar-refractivity contribution is 5.68. The average molecular weight is 212 g/mol. The van der Waals surface area contributed by atoms with Crippen LogP contribution in [0, 0.1) is 0 Å². The van der Waals surface area contributed by atoms with Crippen molar-refractivity contribution in [2.24, 2.45) is 0 Å². The molecule has 5 heteroatoms. The Bertz CT molecular complexity index is 318. The first-order valence-electron chi connectivity index (χ1n) is 4.37. The van der Waals surface area contributed by atoms with Crippen molar-refractivity contribution in [2.75, 3.05) is 0 Å². The molecular formula is C10H12O5. The van der Waals surface area contributed by atoms with Crippen LogP contribution in [0.5, 0.6) is 0 Å². The minimum atomic E-state index is -0.781. The summed E-state index contributed by atoms with van der Waals surface area (Å²) in [5.74, 6) is -0.715. The molecule has 0 fully saturated rings. The van der Waals surface area contributed by atoms with E-state index in [1.165, 1.54) is 26.2 Å². The highest BCUT2D eigenvalue weighted by Gasteiger charge is 2.31. The van der Waals surface area contributed by atoms with E-state index in [0.717, 1.165) is 0 Å². The van der Waals surface area contributed by atoms with Gasteiger partial charge in [-0.15, -0.1) is 0 Å². The summed E-state index contributed by atoms with van der Waals surface area (Å²) < 4.78 is 14.8. The quantitative estimate of drug-likeness (QED) is 0.636. The van der Waals surface area contributed by atoms with Crippen LogP contribution >= 0.6 is 0 Å². The highest BCUT2D eigenvalue weighted by atomic mass is 16.6. The van der Waals surface area contributed by atoms with Gasteiger partial charge in [0.15, 0.2) is 12.2 Å². The van der Waals surface area contributed by atoms with Gasteiger partial charge >= 0.3 is 11.9 Å². The van der Waals surface area contributed by atoms with Gasteiger partial charge in [0.25, 0.3) is 0 Å². The minimum absolute atomic E-state index is 0.235. The molecule has 1 aliphatic heterocycles. The maximum absolute atomic E-state index is 10.8. The maximum atomic E-state index is 10.8. The van der Waals surface area contributed by atoms with Gasteiger partial charge in [-0.25, -0.2) is 0 Å². The predicted octanol–water partition coefficient (Wildman–Crippen LogP) is 0.907. The fraction of sp³-hybridized carbons (Fsp3) is 0.400. The van der Waals surface area contributed by atoms with Crippen molar-refractivity contribution in [3.8, 4) is 0 Å². The van der Waals surface area contributed by atoms with E-state index >= 15 is 0 Å². The summed E-state index contributed by atoms with van der Waals surface area (Å²) in [6.45, 7) is 6.10. The van der Waals surface area contributed by atoms with E-state index < -0.39 is 24.1 Å². The van der Waals surface area contributed by atoms with E-state index in [1.54, 1.807) is 0 Å². The Morgan fingerprint density at radius 1 is 1.33 bits per heavy atom. The molecule has 0 radical (unpaired) electrons. The Morgan fingerprint density at radius 2 is 1.93 bits per heavy atom. The first-order chi connectivity index (χ1) is 7.00. The normalized spacial score (nSPS) is 24.3. The summed E-state index contributed by atoms with van der Waals surface area (Å²) in [6.07, 6.45) is 1.38. The van der Waals surface area contributed by atoms with Gasteiger partial charge in [0, 0.05) is 13.8 Å². The summed E-state index contributed by atoms with van der Waals surface area (Å²) in [6, 6.07) is 0. The van der Waals surface area contributed by atoms with Crippen molar-refractivity contribution in [3.63, 3.8) is 0 Å². The molecule has 15 heavy (non-hydrogen) atoms. The van der Waals surface area contributed by atoms with E-state index in [-0.39, 0.29) is 5.76 Å². The molecule has 1 aliphatic rings. The number of rotatable bonds is 2. The Morgan fingerprint density at radius 3 is 2.47 bits per heavy atom. The molecule has 2 atom stereocenters. The molecule has 5 nitrogen and oxygen atoms in total. The smallest absolute Gasteiger partial charge is 0.303 e. The molecule has 0 bridgehead atoms. The van der Waals surface area contributed by atoms with Gasteiger partial charge in [-0.05, 0) is 6.08 Å². The molecule has 0 aliphatic carbocycles. The number of carbonyl (C=O) groups excluding carboxylic acids is 2. The van der Waals surface area contributed by atoms with Gasteiger partial charge in [-0.2, -0.15) is 0 Å². The molecule has 0 N–H and O–H groups in total. The Kier molecular flexibility index (Phi) is 3.49. The van der Waals surface area contributed by atoms with E-state index in [9.17, 15) is 9.59 Å². The number of esters is 2. The molecule has 82 valence electrons. The second-order valence-electron chi connectivity index (χ2n) is 3.02.